The van der Waals surface area contributed by atoms with Gasteiger partial charge in [-0.25, -0.2) is 23.9 Å². The Morgan fingerprint density at radius 3 is 2.64 bits per heavy atom. The summed E-state index contributed by atoms with van der Waals surface area (Å²) in [6, 6.07) is 3.29. The number of hydrogen-bond acceptors (Lipinski definition) is 11. The lowest BCUT2D eigenvalue weighted by atomic mass is 10.1. The molecule has 4 heterocycles. The molecule has 0 spiro atoms. The van der Waals surface area contributed by atoms with E-state index < -0.39 is 44.6 Å². The van der Waals surface area contributed by atoms with Gasteiger partial charge in [0.15, 0.2) is 11.5 Å². The number of aliphatic hydroxyl groups excluding tert-OH is 2. The maximum absolute atomic E-state index is 15.3. The first kappa shape index (κ1) is 24.5. The standard InChI is InChI=1S/C10H13FN5O7P.C6H6N2O/c11-10(16-3-15-5-7(12)13-2-14-8(5)16)6(17)4(23-9(10)18)1-22-24(19,20)21;7-6(9)5-2-1-3-8-4-5/h2-4,6,9,17-18H,1H2,(H2,12,13,14)(H2,19,20,21);1-4H,(H2,7,9)/t4-,6-,9?,10-;/m1./s1. The van der Waals surface area contributed by atoms with Crippen LogP contribution in [0.2, 0.25) is 0 Å². The second-order valence-corrected chi connectivity index (χ2v) is 7.88. The highest BCUT2D eigenvalue weighted by Crippen LogP contribution is 2.42. The second-order valence-electron chi connectivity index (χ2n) is 6.64. The van der Waals surface area contributed by atoms with Crippen LogP contribution in [0.1, 0.15) is 10.4 Å². The van der Waals surface area contributed by atoms with Crippen molar-refractivity contribution in [3.05, 3.63) is 42.7 Å². The van der Waals surface area contributed by atoms with Gasteiger partial charge in [-0.15, -0.1) is 0 Å². The van der Waals surface area contributed by atoms with E-state index in [9.17, 15) is 19.6 Å². The summed E-state index contributed by atoms with van der Waals surface area (Å²) in [6.45, 7) is -0.849. The van der Waals surface area contributed by atoms with E-state index in [0.717, 1.165) is 12.7 Å². The number of alkyl halides is 1. The van der Waals surface area contributed by atoms with Crippen LogP contribution in [-0.4, -0.2) is 75.5 Å². The minimum Gasteiger partial charge on any atom is -0.385 e. The molecule has 0 bridgehead atoms. The molecular formula is C16H19FN7O8P. The number of fused-ring (bicyclic) bond motifs is 1. The van der Waals surface area contributed by atoms with Crippen LogP contribution in [0, 0.1) is 0 Å². The van der Waals surface area contributed by atoms with Crippen LogP contribution in [0.4, 0.5) is 10.2 Å². The molecule has 3 aromatic rings. The summed E-state index contributed by atoms with van der Waals surface area (Å²) in [5, 5.41) is 20.0. The van der Waals surface area contributed by atoms with Crippen molar-refractivity contribution in [2.75, 3.05) is 12.3 Å². The van der Waals surface area contributed by atoms with Crippen molar-refractivity contribution in [3.8, 4) is 0 Å². The van der Waals surface area contributed by atoms with Gasteiger partial charge in [-0.1, -0.05) is 0 Å². The van der Waals surface area contributed by atoms with Crippen LogP contribution in [0.3, 0.4) is 0 Å². The van der Waals surface area contributed by atoms with Crippen molar-refractivity contribution in [3.63, 3.8) is 0 Å². The highest BCUT2D eigenvalue weighted by atomic mass is 31.2. The van der Waals surface area contributed by atoms with E-state index >= 15 is 4.39 Å². The number of anilines is 1. The number of carbonyl (C=O) groups excluding carboxylic acids is 1. The topological polar surface area (TPSA) is 242 Å². The van der Waals surface area contributed by atoms with Gasteiger partial charge in [0.05, 0.1) is 12.2 Å². The van der Waals surface area contributed by atoms with Crippen molar-refractivity contribution < 1.29 is 43.0 Å². The van der Waals surface area contributed by atoms with Crippen LogP contribution < -0.4 is 11.5 Å². The van der Waals surface area contributed by atoms with Gasteiger partial charge >= 0.3 is 7.82 Å². The molecule has 1 aliphatic rings. The largest absolute Gasteiger partial charge is 0.469 e. The highest BCUT2D eigenvalue weighted by Gasteiger charge is 2.59. The molecule has 1 saturated heterocycles. The summed E-state index contributed by atoms with van der Waals surface area (Å²) >= 11 is 0. The van der Waals surface area contributed by atoms with Crippen LogP contribution in [0.25, 0.3) is 11.2 Å². The second kappa shape index (κ2) is 9.40. The number of nitrogen functional groups attached to an aromatic ring is 1. The Morgan fingerprint density at radius 1 is 1.33 bits per heavy atom. The lowest BCUT2D eigenvalue weighted by molar-refractivity contribution is -0.177. The summed E-state index contributed by atoms with van der Waals surface area (Å²) in [5.74, 6) is -3.41. The van der Waals surface area contributed by atoms with Crippen molar-refractivity contribution in [2.24, 2.45) is 5.73 Å². The number of phosphoric acid groups is 1. The Morgan fingerprint density at radius 2 is 2.06 bits per heavy atom. The summed E-state index contributed by atoms with van der Waals surface area (Å²) in [6.07, 6.45) is -0.748. The minimum absolute atomic E-state index is 0.0355. The van der Waals surface area contributed by atoms with Crippen molar-refractivity contribution in [1.82, 2.24) is 24.5 Å². The monoisotopic (exact) mass is 487 g/mol. The van der Waals surface area contributed by atoms with Gasteiger partial charge in [0.1, 0.15) is 30.4 Å². The molecule has 0 saturated carbocycles. The van der Waals surface area contributed by atoms with Gasteiger partial charge in [0, 0.05) is 12.4 Å². The van der Waals surface area contributed by atoms with Gasteiger partial charge in [0.25, 0.3) is 5.79 Å². The van der Waals surface area contributed by atoms with Gasteiger partial charge in [-0.3, -0.25) is 18.9 Å². The first-order chi connectivity index (χ1) is 15.4. The van der Waals surface area contributed by atoms with E-state index in [0.29, 0.717) is 10.1 Å². The number of nitrogens with zero attached hydrogens (tertiary/aromatic N) is 5. The molecule has 1 fully saturated rings. The number of aliphatic hydroxyl groups is 2. The molecule has 0 aromatic carbocycles. The number of imidazole rings is 1. The van der Waals surface area contributed by atoms with Crippen molar-refractivity contribution in [2.45, 2.75) is 24.3 Å². The predicted octanol–water partition coefficient (Wildman–Crippen LogP) is -1.60. The smallest absolute Gasteiger partial charge is 0.385 e. The molecule has 1 amide bonds. The van der Waals surface area contributed by atoms with Crippen molar-refractivity contribution >= 4 is 30.7 Å². The number of pyridine rings is 1. The zero-order chi connectivity index (χ0) is 24.4. The van der Waals surface area contributed by atoms with E-state index in [2.05, 4.69) is 24.5 Å². The summed E-state index contributed by atoms with van der Waals surface area (Å²) in [4.78, 5) is 42.7. The lowest BCUT2D eigenvalue weighted by Crippen LogP contribution is -2.47. The Kier molecular flexibility index (Phi) is 6.99. The fourth-order valence-corrected chi connectivity index (χ4v) is 3.26. The lowest BCUT2D eigenvalue weighted by Gasteiger charge is -2.27. The van der Waals surface area contributed by atoms with Gasteiger partial charge in [-0.2, -0.15) is 0 Å². The zero-order valence-corrected chi connectivity index (χ0v) is 17.4. The molecule has 17 heteroatoms. The Bertz CT molecular complexity index is 1180. The molecule has 8 N–H and O–H groups in total. The van der Waals surface area contributed by atoms with Crippen LogP contribution >= 0.6 is 7.82 Å². The number of halogens is 1. The number of phosphoric ester groups is 1. The maximum atomic E-state index is 15.3. The van der Waals surface area contributed by atoms with Gasteiger partial charge < -0.3 is 36.2 Å². The SMILES string of the molecule is NC(=O)c1cccnc1.Nc1ncnc2c1ncn2[C@@]1(F)C(O)O[C@H](COP(=O)(O)O)[C@H]1O. The van der Waals surface area contributed by atoms with E-state index in [4.69, 9.17) is 26.0 Å². The molecule has 15 nitrogen and oxygen atoms in total. The summed E-state index contributed by atoms with van der Waals surface area (Å²) < 4.78 is 35.8. The summed E-state index contributed by atoms with van der Waals surface area (Å²) in [5.41, 5.74) is 10.9. The fraction of sp³-hybridized carbons (Fsp3) is 0.312. The number of hydrogen-bond donors (Lipinski definition) is 6. The van der Waals surface area contributed by atoms with Crippen LogP contribution in [0.5, 0.6) is 0 Å². The molecule has 4 rings (SSSR count). The highest BCUT2D eigenvalue weighted by molar-refractivity contribution is 7.46. The molecular weight excluding hydrogens is 468 g/mol. The Labute approximate surface area is 184 Å². The van der Waals surface area contributed by atoms with Gasteiger partial charge in [-0.05, 0) is 12.1 Å². The average Bonchev–Trinajstić information content (AvgIpc) is 3.30. The number of amides is 1. The fourth-order valence-electron chi connectivity index (χ4n) is 2.92. The molecule has 178 valence electrons. The number of primary amides is 1. The van der Waals surface area contributed by atoms with Gasteiger partial charge in [0.2, 0.25) is 12.2 Å². The number of ether oxygens (including phenoxy) is 1. The van der Waals surface area contributed by atoms with E-state index in [1.807, 2.05) is 0 Å². The molecule has 0 radical (unpaired) electrons. The van der Waals surface area contributed by atoms with Crippen LogP contribution in [0.15, 0.2) is 37.2 Å². The number of rotatable bonds is 5. The molecule has 1 unspecified atom stereocenters. The average molecular weight is 487 g/mol. The predicted molar refractivity (Wildman–Crippen MR) is 106 cm³/mol. The van der Waals surface area contributed by atoms with E-state index in [-0.39, 0.29) is 17.0 Å². The number of nitrogens with two attached hydrogens (primary N) is 2. The Hall–Kier alpha value is -3.11. The number of carbonyl (C=O) groups is 1. The normalized spacial score (nSPS) is 24.9. The third-order valence-electron chi connectivity index (χ3n) is 4.50. The van der Waals surface area contributed by atoms with E-state index in [1.165, 1.54) is 6.20 Å². The minimum atomic E-state index is -4.86. The molecule has 4 atom stereocenters. The molecule has 33 heavy (non-hydrogen) atoms. The van der Waals surface area contributed by atoms with Crippen molar-refractivity contribution in [1.29, 1.82) is 0 Å². The quantitative estimate of drug-likeness (QED) is 0.222. The number of aromatic nitrogens is 5. The molecule has 1 aliphatic heterocycles. The first-order valence-electron chi connectivity index (χ1n) is 8.99. The van der Waals surface area contributed by atoms with E-state index in [1.54, 1.807) is 18.3 Å². The molecule has 3 aromatic heterocycles. The Balaban J connectivity index is 0.000000286. The van der Waals surface area contributed by atoms with Crippen LogP contribution in [-0.2, 0) is 19.6 Å². The maximum Gasteiger partial charge on any atom is 0.469 e. The zero-order valence-electron chi connectivity index (χ0n) is 16.5. The molecule has 0 aliphatic carbocycles. The third-order valence-corrected chi connectivity index (χ3v) is 4.99. The third kappa shape index (κ3) is 5.12. The first-order valence-corrected chi connectivity index (χ1v) is 10.5. The summed E-state index contributed by atoms with van der Waals surface area (Å²) in [7, 11) is -4.86.